The van der Waals surface area contributed by atoms with Gasteiger partial charge in [-0.25, -0.2) is 0 Å². The number of aryl methyl sites for hydroxylation is 1. The van der Waals surface area contributed by atoms with Crippen LogP contribution >= 0.6 is 0 Å². The summed E-state index contributed by atoms with van der Waals surface area (Å²) in [5.41, 5.74) is 8.00. The number of hydrogen-bond donors (Lipinski definition) is 3. The molecular formula is C18H20N6O2. The molecule has 8 heteroatoms. The minimum Gasteiger partial charge on any atom is -0.381 e. The molecule has 0 aliphatic carbocycles. The Labute approximate surface area is 151 Å². The van der Waals surface area contributed by atoms with E-state index >= 15 is 0 Å². The molecule has 4 N–H and O–H groups in total. The van der Waals surface area contributed by atoms with Crippen molar-refractivity contribution in [2.24, 2.45) is 0 Å². The summed E-state index contributed by atoms with van der Waals surface area (Å²) in [7, 11) is 0. The number of carbonyl (C=O) groups excluding carboxylic acids is 2. The summed E-state index contributed by atoms with van der Waals surface area (Å²) in [6, 6.07) is 9.05. The van der Waals surface area contributed by atoms with Crippen molar-refractivity contribution in [1.29, 1.82) is 5.26 Å². The van der Waals surface area contributed by atoms with Crippen molar-refractivity contribution in [1.82, 2.24) is 15.5 Å². The van der Waals surface area contributed by atoms with Gasteiger partial charge in [0.05, 0.1) is 5.69 Å². The molecule has 0 bridgehead atoms. The monoisotopic (exact) mass is 352 g/mol. The molecule has 0 spiro atoms. The van der Waals surface area contributed by atoms with Gasteiger partial charge in [0.25, 0.3) is 5.91 Å². The number of H-pyrrole nitrogens is 1. The number of carbonyl (C=O) groups is 2. The predicted octanol–water partition coefficient (Wildman–Crippen LogP) is 1.35. The van der Waals surface area contributed by atoms with Gasteiger partial charge in [-0.15, -0.1) is 0 Å². The topological polar surface area (TPSA) is 128 Å². The molecule has 0 atom stereocenters. The van der Waals surface area contributed by atoms with Crippen LogP contribution in [0.25, 0.3) is 0 Å². The van der Waals surface area contributed by atoms with E-state index in [1.807, 2.05) is 6.07 Å². The molecule has 8 nitrogen and oxygen atoms in total. The first-order valence-electron chi connectivity index (χ1n) is 8.51. The standard InChI is InChI=1S/C18H20N6O2/c19-11-14-15(22-23-17(14)20)3-1-9-21-18(26)12-5-7-13(8-6-12)24-10-2-4-16(24)25/h5-8H,1-4,9-10H2,(H,21,26)(H3,20,22,23). The number of nitriles is 1. The second-order valence-corrected chi connectivity index (χ2v) is 6.13. The third-order valence-corrected chi connectivity index (χ3v) is 4.38. The Morgan fingerprint density at radius 1 is 1.38 bits per heavy atom. The number of anilines is 2. The zero-order chi connectivity index (χ0) is 18.5. The number of amides is 2. The zero-order valence-electron chi connectivity index (χ0n) is 14.3. The molecule has 1 aromatic carbocycles. The van der Waals surface area contributed by atoms with Gasteiger partial charge in [-0.05, 0) is 43.5 Å². The second-order valence-electron chi connectivity index (χ2n) is 6.13. The third kappa shape index (κ3) is 3.67. The molecule has 1 aliphatic rings. The van der Waals surface area contributed by atoms with Gasteiger partial charge in [0.1, 0.15) is 11.6 Å². The van der Waals surface area contributed by atoms with Crippen molar-refractivity contribution in [3.05, 3.63) is 41.1 Å². The van der Waals surface area contributed by atoms with Crippen molar-refractivity contribution in [2.75, 3.05) is 23.7 Å². The molecule has 1 aliphatic heterocycles. The molecule has 3 rings (SSSR count). The maximum atomic E-state index is 12.2. The van der Waals surface area contributed by atoms with E-state index in [0.29, 0.717) is 42.6 Å². The van der Waals surface area contributed by atoms with Crippen LogP contribution in [0.3, 0.4) is 0 Å². The molecule has 2 aromatic rings. The zero-order valence-corrected chi connectivity index (χ0v) is 14.3. The Balaban J connectivity index is 1.49. The van der Waals surface area contributed by atoms with Crippen molar-refractivity contribution < 1.29 is 9.59 Å². The molecule has 134 valence electrons. The molecule has 1 fully saturated rings. The van der Waals surface area contributed by atoms with Gasteiger partial charge in [0, 0.05) is 30.8 Å². The largest absolute Gasteiger partial charge is 0.381 e. The van der Waals surface area contributed by atoms with Crippen LogP contribution in [0.5, 0.6) is 0 Å². The minimum absolute atomic E-state index is 0.124. The summed E-state index contributed by atoms with van der Waals surface area (Å²) in [5, 5.41) is 18.4. The highest BCUT2D eigenvalue weighted by molar-refractivity contribution is 5.97. The Kier molecular flexibility index (Phi) is 5.17. The van der Waals surface area contributed by atoms with Crippen LogP contribution in [0.2, 0.25) is 0 Å². The van der Waals surface area contributed by atoms with Gasteiger partial charge in [0.15, 0.2) is 5.82 Å². The van der Waals surface area contributed by atoms with Crippen LogP contribution in [-0.4, -0.2) is 35.1 Å². The Bertz CT molecular complexity index is 850. The summed E-state index contributed by atoms with van der Waals surface area (Å²) in [6.07, 6.45) is 2.68. The van der Waals surface area contributed by atoms with E-state index in [4.69, 9.17) is 11.0 Å². The van der Waals surface area contributed by atoms with Crippen LogP contribution in [0.4, 0.5) is 11.5 Å². The average molecular weight is 352 g/mol. The Hall–Kier alpha value is -3.34. The minimum atomic E-state index is -0.172. The number of nitrogens with two attached hydrogens (primary N) is 1. The predicted molar refractivity (Wildman–Crippen MR) is 96.4 cm³/mol. The lowest BCUT2D eigenvalue weighted by atomic mass is 10.1. The van der Waals surface area contributed by atoms with Gasteiger partial charge in [-0.2, -0.15) is 10.4 Å². The highest BCUT2D eigenvalue weighted by Gasteiger charge is 2.21. The number of nitrogens with one attached hydrogen (secondary N) is 2. The summed E-state index contributed by atoms with van der Waals surface area (Å²) in [5.74, 6) is 0.149. The average Bonchev–Trinajstić information content (AvgIpc) is 3.24. The van der Waals surface area contributed by atoms with E-state index in [2.05, 4.69) is 15.5 Å². The third-order valence-electron chi connectivity index (χ3n) is 4.38. The van der Waals surface area contributed by atoms with Gasteiger partial charge in [-0.3, -0.25) is 14.7 Å². The van der Waals surface area contributed by atoms with E-state index < -0.39 is 0 Å². The smallest absolute Gasteiger partial charge is 0.251 e. The Morgan fingerprint density at radius 2 is 2.15 bits per heavy atom. The van der Waals surface area contributed by atoms with Crippen LogP contribution in [0.1, 0.15) is 40.9 Å². The van der Waals surface area contributed by atoms with Gasteiger partial charge >= 0.3 is 0 Å². The van der Waals surface area contributed by atoms with Crippen LogP contribution < -0.4 is 16.0 Å². The molecule has 1 aromatic heterocycles. The molecule has 2 heterocycles. The maximum Gasteiger partial charge on any atom is 0.251 e. The number of benzene rings is 1. The normalized spacial score (nSPS) is 13.7. The van der Waals surface area contributed by atoms with Crippen LogP contribution in [-0.2, 0) is 11.2 Å². The quantitative estimate of drug-likeness (QED) is 0.676. The van der Waals surface area contributed by atoms with E-state index in [1.165, 1.54) is 0 Å². The SMILES string of the molecule is N#Cc1c(N)n[nH]c1CCCNC(=O)c1ccc(N2CCCC2=O)cc1. The Morgan fingerprint density at radius 3 is 2.81 bits per heavy atom. The number of aromatic amines is 1. The van der Waals surface area contributed by atoms with E-state index in [9.17, 15) is 9.59 Å². The second kappa shape index (κ2) is 7.70. The number of nitrogens with zero attached hydrogens (tertiary/aromatic N) is 3. The lowest BCUT2D eigenvalue weighted by Crippen LogP contribution is -2.26. The lowest BCUT2D eigenvalue weighted by molar-refractivity contribution is -0.117. The van der Waals surface area contributed by atoms with Gasteiger partial charge in [0.2, 0.25) is 5.91 Å². The summed E-state index contributed by atoms with van der Waals surface area (Å²) < 4.78 is 0. The fourth-order valence-electron chi connectivity index (χ4n) is 2.98. The van der Waals surface area contributed by atoms with E-state index in [1.54, 1.807) is 29.2 Å². The fourth-order valence-corrected chi connectivity index (χ4v) is 2.98. The van der Waals surface area contributed by atoms with E-state index in [-0.39, 0.29) is 17.6 Å². The highest BCUT2D eigenvalue weighted by Crippen LogP contribution is 2.21. The lowest BCUT2D eigenvalue weighted by Gasteiger charge is -2.15. The number of rotatable bonds is 6. The van der Waals surface area contributed by atoms with Crippen LogP contribution in [0.15, 0.2) is 24.3 Å². The molecule has 26 heavy (non-hydrogen) atoms. The first-order chi connectivity index (χ1) is 12.6. The highest BCUT2D eigenvalue weighted by atomic mass is 16.2. The molecule has 0 radical (unpaired) electrons. The maximum absolute atomic E-state index is 12.2. The van der Waals surface area contributed by atoms with Crippen molar-refractivity contribution >= 4 is 23.3 Å². The molecule has 2 amide bonds. The van der Waals surface area contributed by atoms with E-state index in [0.717, 1.165) is 18.7 Å². The summed E-state index contributed by atoms with van der Waals surface area (Å²) in [6.45, 7) is 1.20. The molecular weight excluding hydrogens is 332 g/mol. The van der Waals surface area contributed by atoms with Crippen molar-refractivity contribution in [3.63, 3.8) is 0 Å². The summed E-state index contributed by atoms with van der Waals surface area (Å²) >= 11 is 0. The van der Waals surface area contributed by atoms with Crippen molar-refractivity contribution in [2.45, 2.75) is 25.7 Å². The number of aromatic nitrogens is 2. The fraction of sp³-hybridized carbons (Fsp3) is 0.333. The van der Waals surface area contributed by atoms with Gasteiger partial charge in [-0.1, -0.05) is 0 Å². The molecule has 0 unspecified atom stereocenters. The first-order valence-corrected chi connectivity index (χ1v) is 8.51. The number of hydrogen-bond acceptors (Lipinski definition) is 5. The molecule has 1 saturated heterocycles. The summed E-state index contributed by atoms with van der Waals surface area (Å²) in [4.78, 5) is 25.7. The van der Waals surface area contributed by atoms with Gasteiger partial charge < -0.3 is 16.0 Å². The first kappa shape index (κ1) is 17.5. The van der Waals surface area contributed by atoms with Crippen LogP contribution in [0, 0.1) is 11.3 Å². The number of nitrogen functional groups attached to an aromatic ring is 1. The molecule has 0 saturated carbocycles. The van der Waals surface area contributed by atoms with Crippen molar-refractivity contribution in [3.8, 4) is 6.07 Å².